The summed E-state index contributed by atoms with van der Waals surface area (Å²) in [5, 5.41) is 13.7. The number of hydrogen-bond donors (Lipinski definition) is 0. The van der Waals surface area contributed by atoms with E-state index in [2.05, 4.69) is 91.8 Å². The second kappa shape index (κ2) is 32.0. The van der Waals surface area contributed by atoms with Crippen molar-refractivity contribution in [2.75, 3.05) is 13.2 Å². The molecule has 0 bridgehead atoms. The average molecular weight is 1220 g/mol. The number of unbranched alkanes of at least 4 members (excludes halogenated alkanes) is 26. The molecule has 0 aliphatic carbocycles. The van der Waals surface area contributed by atoms with Crippen molar-refractivity contribution in [3.63, 3.8) is 0 Å². The van der Waals surface area contributed by atoms with E-state index in [0.29, 0.717) is 52.4 Å². The first-order chi connectivity index (χ1) is 44.1. The van der Waals surface area contributed by atoms with Gasteiger partial charge in [0.1, 0.15) is 11.5 Å². The molecule has 0 aromatic heterocycles. The summed E-state index contributed by atoms with van der Waals surface area (Å²) in [6.07, 6.45) is 39.3. The van der Waals surface area contributed by atoms with E-state index in [1.54, 1.807) is 9.80 Å². The van der Waals surface area contributed by atoms with Gasteiger partial charge in [-0.05, 0) is 136 Å². The number of carbonyl (C=O) groups is 4. The Kier molecular flexibility index (Phi) is 23.8. The van der Waals surface area contributed by atoms with Crippen LogP contribution in [0, 0.1) is 13.8 Å². The largest absolute Gasteiger partial charge is 0.493 e. The number of imide groups is 2. The smallest absolute Gasteiger partial charge is 0.261 e. The molecule has 0 spiro atoms. The number of hydrogen-bond acceptors (Lipinski definition) is 6. The molecular weight excluding hydrogens is 1110 g/mol. The highest BCUT2D eigenvalue weighted by atomic mass is 16.5. The van der Waals surface area contributed by atoms with E-state index in [1.807, 2.05) is 12.1 Å². The highest BCUT2D eigenvalue weighted by Crippen LogP contribution is 2.55. The van der Waals surface area contributed by atoms with Gasteiger partial charge >= 0.3 is 0 Å². The van der Waals surface area contributed by atoms with Crippen LogP contribution in [0.3, 0.4) is 0 Å². The van der Waals surface area contributed by atoms with Gasteiger partial charge in [-0.3, -0.25) is 29.0 Å². The Labute approximate surface area is 540 Å². The van der Waals surface area contributed by atoms with Crippen molar-refractivity contribution >= 4 is 99.0 Å². The zero-order chi connectivity index (χ0) is 63.3. The third-order valence-corrected chi connectivity index (χ3v) is 21.0. The van der Waals surface area contributed by atoms with Crippen molar-refractivity contribution in [3.05, 3.63) is 81.9 Å². The van der Waals surface area contributed by atoms with E-state index in [-0.39, 0.29) is 35.7 Å². The van der Waals surface area contributed by atoms with Crippen molar-refractivity contribution in [1.82, 2.24) is 9.80 Å². The molecule has 4 amide bonds. The van der Waals surface area contributed by atoms with E-state index in [0.717, 1.165) is 210 Å². The lowest BCUT2D eigenvalue weighted by Gasteiger charge is -2.36. The fourth-order valence-corrected chi connectivity index (χ4v) is 16.2. The number of ether oxygens (including phenoxy) is 2. The Morgan fingerprint density at radius 1 is 0.289 bits per heavy atom. The predicted octanol–water partition coefficient (Wildman–Crippen LogP) is 24.1. The molecule has 8 aromatic rings. The van der Waals surface area contributed by atoms with Gasteiger partial charge in [0.05, 0.1) is 24.3 Å². The number of nitrogens with zero attached hydrogens (tertiary/aromatic N) is 2. The van der Waals surface area contributed by atoms with Gasteiger partial charge < -0.3 is 9.47 Å². The van der Waals surface area contributed by atoms with Crippen LogP contribution in [0.4, 0.5) is 0 Å². The van der Waals surface area contributed by atoms with Crippen LogP contribution in [0.5, 0.6) is 11.5 Å². The van der Waals surface area contributed by atoms with Crippen LogP contribution in [-0.2, 0) is 0 Å². The Balaban J connectivity index is 1.18. The van der Waals surface area contributed by atoms with Crippen molar-refractivity contribution < 1.29 is 28.7 Å². The second-order valence-electron chi connectivity index (χ2n) is 27.7. The maximum absolute atomic E-state index is 15.8. The molecule has 0 radical (unpaired) electrons. The summed E-state index contributed by atoms with van der Waals surface area (Å²) in [5.74, 6) is 0.639. The summed E-state index contributed by atoms with van der Waals surface area (Å²) in [6, 6.07) is 16.9. The van der Waals surface area contributed by atoms with E-state index in [4.69, 9.17) is 9.47 Å². The van der Waals surface area contributed by atoms with Crippen LogP contribution in [0.2, 0.25) is 0 Å². The molecule has 2 aliphatic heterocycles. The highest BCUT2D eigenvalue weighted by Gasteiger charge is 2.42. The minimum Gasteiger partial charge on any atom is -0.493 e. The monoisotopic (exact) mass is 1220 g/mol. The van der Waals surface area contributed by atoms with Crippen LogP contribution < -0.4 is 9.47 Å². The van der Waals surface area contributed by atoms with Crippen molar-refractivity contribution in [2.45, 2.75) is 299 Å². The first kappa shape index (κ1) is 66.9. The van der Waals surface area contributed by atoms with E-state index >= 15 is 19.2 Å². The first-order valence-electron chi connectivity index (χ1n) is 37.0. The minimum atomic E-state index is -0.207. The molecular formula is C82H110N2O6. The molecule has 0 saturated carbocycles. The molecule has 8 nitrogen and oxygen atoms in total. The molecule has 2 heterocycles. The molecule has 2 aliphatic rings. The van der Waals surface area contributed by atoms with E-state index in [1.165, 1.54) is 103 Å². The lowest BCUT2D eigenvalue weighted by atomic mass is 9.78. The molecule has 10 rings (SSSR count). The first-order valence-corrected chi connectivity index (χ1v) is 37.0. The zero-order valence-electron chi connectivity index (χ0n) is 57.0. The fourth-order valence-electron chi connectivity index (χ4n) is 16.2. The van der Waals surface area contributed by atoms with Gasteiger partial charge in [-0.2, -0.15) is 0 Å². The van der Waals surface area contributed by atoms with Crippen LogP contribution in [0.15, 0.2) is 48.5 Å². The van der Waals surface area contributed by atoms with Gasteiger partial charge in [-0.15, -0.1) is 0 Å². The van der Waals surface area contributed by atoms with E-state index in [9.17, 15) is 0 Å². The normalized spacial score (nSPS) is 13.7. The van der Waals surface area contributed by atoms with Gasteiger partial charge in [0, 0.05) is 50.1 Å². The topological polar surface area (TPSA) is 93.2 Å². The molecule has 90 heavy (non-hydrogen) atoms. The standard InChI is InChI=1S/C82H110N2O6/c1-9-15-21-27-33-39-49-89-67-53-65-74-66(82(88)84(81(65)87)58(43-37-31-25-19-13-5)44-38-32-26-20-14-6)54-68(90-50-40-34-28-22-16-10-2)76-62-48-46-60-70-56(8)52-64-73-63(51-55(7)69(77(70)73)59-45-47-61(72(62)71(59)60)75(67)78(74)76)79(85)83(80(64)86)57(41-35-29-23-17-11-3)42-36-30-24-18-12-4/h45-48,51-54,57-58H,9-44,49-50H2,1-8H3. The molecule has 0 N–H and O–H groups in total. The lowest BCUT2D eigenvalue weighted by Crippen LogP contribution is -2.47. The van der Waals surface area contributed by atoms with Gasteiger partial charge in [-0.25, -0.2) is 0 Å². The number of aryl methyl sites for hydroxylation is 2. The number of amides is 4. The number of carbonyl (C=O) groups excluding carboxylic acids is 4. The molecule has 0 saturated heterocycles. The van der Waals surface area contributed by atoms with Gasteiger partial charge in [0.15, 0.2) is 0 Å². The molecule has 484 valence electrons. The molecule has 0 atom stereocenters. The summed E-state index contributed by atoms with van der Waals surface area (Å²) < 4.78 is 14.4. The summed E-state index contributed by atoms with van der Waals surface area (Å²) in [7, 11) is 0. The SMILES string of the molecule is CCCCCCCCOc1cc2c3c(cc(OCCCCCCCC)c4c5ccc6c7c(C)cc8c9c(cc(C)c(c%10ccc(c1c34)c5c%106)c97)C(=O)N(C(CCCCCCC)CCCCCCC)C8=O)C(=O)N(C(CCCCCCC)CCCCCCC)C2=O. The average Bonchev–Trinajstić information content (AvgIpc) is 0.715. The Bertz CT molecular complexity index is 3530. The molecule has 8 aromatic carbocycles. The van der Waals surface area contributed by atoms with Gasteiger partial charge in [-0.1, -0.05) is 258 Å². The Morgan fingerprint density at radius 2 is 0.544 bits per heavy atom. The predicted molar refractivity (Wildman–Crippen MR) is 381 cm³/mol. The quantitative estimate of drug-likeness (QED) is 0.0164. The number of benzene rings is 8. The summed E-state index contributed by atoms with van der Waals surface area (Å²) in [4.78, 5) is 65.8. The zero-order valence-corrected chi connectivity index (χ0v) is 57.0. The van der Waals surface area contributed by atoms with Crippen molar-refractivity contribution in [1.29, 1.82) is 0 Å². The summed E-state index contributed by atoms with van der Waals surface area (Å²) in [6.45, 7) is 18.8. The second-order valence-corrected chi connectivity index (χ2v) is 27.7. The highest BCUT2D eigenvalue weighted by molar-refractivity contribution is 6.47. The maximum atomic E-state index is 15.8. The minimum absolute atomic E-state index is 0.142. The Morgan fingerprint density at radius 3 is 0.856 bits per heavy atom. The number of fused-ring (bicyclic) bond motifs is 4. The lowest BCUT2D eigenvalue weighted by molar-refractivity contribution is 0.0501. The van der Waals surface area contributed by atoms with Crippen LogP contribution >= 0.6 is 0 Å². The Hall–Kier alpha value is -6.02. The van der Waals surface area contributed by atoms with Gasteiger partial charge in [0.2, 0.25) is 0 Å². The third-order valence-electron chi connectivity index (χ3n) is 21.0. The fraction of sp³-hybridized carbons (Fsp3) is 0.585. The molecule has 0 fully saturated rings. The third kappa shape index (κ3) is 13.7. The van der Waals surface area contributed by atoms with Crippen LogP contribution in [0.1, 0.15) is 325 Å². The van der Waals surface area contributed by atoms with Crippen LogP contribution in [0.25, 0.3) is 75.4 Å². The van der Waals surface area contributed by atoms with Crippen molar-refractivity contribution in [2.24, 2.45) is 0 Å². The van der Waals surface area contributed by atoms with Gasteiger partial charge in [0.25, 0.3) is 23.6 Å². The number of rotatable bonds is 42. The summed E-state index contributed by atoms with van der Waals surface area (Å²) in [5.41, 5.74) is 4.41. The molecule has 0 unspecified atom stereocenters. The van der Waals surface area contributed by atoms with E-state index < -0.39 is 0 Å². The summed E-state index contributed by atoms with van der Waals surface area (Å²) >= 11 is 0. The van der Waals surface area contributed by atoms with Crippen molar-refractivity contribution in [3.8, 4) is 11.5 Å². The van der Waals surface area contributed by atoms with Crippen LogP contribution in [-0.4, -0.2) is 58.7 Å². The molecule has 8 heteroatoms. The maximum Gasteiger partial charge on any atom is 0.261 e.